The van der Waals surface area contributed by atoms with Gasteiger partial charge in [-0.25, -0.2) is 0 Å². The van der Waals surface area contributed by atoms with Gasteiger partial charge in [-0.15, -0.1) is 11.6 Å². The standard InChI is InChI=1S/C13H18ClNO2/c1-15(9-6-10-17-2)13(16)12(14)11-7-4-3-5-8-11/h3-5,7-8,12H,6,9-10H2,1-2H3. The van der Waals surface area contributed by atoms with Crippen LogP contribution in [0.3, 0.4) is 0 Å². The largest absolute Gasteiger partial charge is 0.385 e. The van der Waals surface area contributed by atoms with Crippen LogP contribution in [-0.4, -0.2) is 38.1 Å². The van der Waals surface area contributed by atoms with Gasteiger partial charge in [-0.3, -0.25) is 4.79 Å². The lowest BCUT2D eigenvalue weighted by Crippen LogP contribution is -2.31. The third kappa shape index (κ3) is 4.36. The molecule has 0 bridgehead atoms. The molecule has 1 unspecified atom stereocenters. The molecule has 3 nitrogen and oxygen atoms in total. The van der Waals surface area contributed by atoms with E-state index < -0.39 is 5.38 Å². The van der Waals surface area contributed by atoms with Crippen LogP contribution in [0.15, 0.2) is 30.3 Å². The quantitative estimate of drug-likeness (QED) is 0.577. The third-order valence-corrected chi connectivity index (χ3v) is 2.97. The number of halogens is 1. The van der Waals surface area contributed by atoms with Gasteiger partial charge in [0.25, 0.3) is 0 Å². The Balaban J connectivity index is 2.51. The number of alkyl halides is 1. The number of hydrogen-bond acceptors (Lipinski definition) is 2. The second-order valence-corrected chi connectivity index (χ2v) is 4.32. The minimum absolute atomic E-state index is 0.0750. The fraction of sp³-hybridized carbons (Fsp3) is 0.462. The molecule has 0 aliphatic heterocycles. The highest BCUT2D eigenvalue weighted by molar-refractivity contribution is 6.30. The smallest absolute Gasteiger partial charge is 0.244 e. The number of amides is 1. The first-order chi connectivity index (χ1) is 8.16. The monoisotopic (exact) mass is 255 g/mol. The fourth-order valence-corrected chi connectivity index (χ4v) is 1.83. The zero-order valence-corrected chi connectivity index (χ0v) is 11.0. The van der Waals surface area contributed by atoms with E-state index in [2.05, 4.69) is 0 Å². The van der Waals surface area contributed by atoms with E-state index in [1.54, 1.807) is 19.1 Å². The Kier molecular flexibility index (Phi) is 6.01. The van der Waals surface area contributed by atoms with Crippen molar-refractivity contribution >= 4 is 17.5 Å². The summed E-state index contributed by atoms with van der Waals surface area (Å²) in [4.78, 5) is 13.6. The van der Waals surface area contributed by atoms with Gasteiger partial charge in [-0.2, -0.15) is 0 Å². The predicted octanol–water partition coefficient (Wildman–Crippen LogP) is 2.46. The number of ether oxygens (including phenoxy) is 1. The number of rotatable bonds is 6. The van der Waals surface area contributed by atoms with Gasteiger partial charge in [0.2, 0.25) is 5.91 Å². The third-order valence-electron chi connectivity index (χ3n) is 2.53. The van der Waals surface area contributed by atoms with Crippen molar-refractivity contribution in [3.8, 4) is 0 Å². The summed E-state index contributed by atoms with van der Waals surface area (Å²) >= 11 is 6.14. The lowest BCUT2D eigenvalue weighted by molar-refractivity contribution is -0.129. The van der Waals surface area contributed by atoms with E-state index in [1.807, 2.05) is 30.3 Å². The van der Waals surface area contributed by atoms with Crippen molar-refractivity contribution in [3.05, 3.63) is 35.9 Å². The SMILES string of the molecule is COCCCN(C)C(=O)C(Cl)c1ccccc1. The zero-order valence-electron chi connectivity index (χ0n) is 10.2. The van der Waals surface area contributed by atoms with Crippen molar-refractivity contribution in [1.29, 1.82) is 0 Å². The number of hydrogen-bond donors (Lipinski definition) is 0. The Morgan fingerprint density at radius 1 is 1.41 bits per heavy atom. The van der Waals surface area contributed by atoms with Crippen LogP contribution in [0.1, 0.15) is 17.4 Å². The van der Waals surface area contributed by atoms with Crippen LogP contribution in [0.25, 0.3) is 0 Å². The number of nitrogens with zero attached hydrogens (tertiary/aromatic N) is 1. The summed E-state index contributed by atoms with van der Waals surface area (Å²) in [5.41, 5.74) is 0.831. The lowest BCUT2D eigenvalue weighted by atomic mass is 10.1. The van der Waals surface area contributed by atoms with Gasteiger partial charge >= 0.3 is 0 Å². The second kappa shape index (κ2) is 7.30. The Bertz CT molecular complexity index is 343. The number of carbonyl (C=O) groups is 1. The molecule has 0 fully saturated rings. The van der Waals surface area contributed by atoms with Crippen molar-refractivity contribution in [3.63, 3.8) is 0 Å². The minimum atomic E-state index is -0.608. The topological polar surface area (TPSA) is 29.5 Å². The van der Waals surface area contributed by atoms with Crippen LogP contribution in [0.2, 0.25) is 0 Å². The molecular formula is C13H18ClNO2. The molecule has 1 atom stereocenters. The lowest BCUT2D eigenvalue weighted by Gasteiger charge is -2.20. The van der Waals surface area contributed by atoms with Crippen molar-refractivity contribution in [1.82, 2.24) is 4.90 Å². The van der Waals surface area contributed by atoms with Crippen molar-refractivity contribution in [2.45, 2.75) is 11.8 Å². The van der Waals surface area contributed by atoms with Gasteiger partial charge in [0, 0.05) is 27.3 Å². The number of methoxy groups -OCH3 is 1. The normalized spacial score (nSPS) is 12.2. The second-order valence-electron chi connectivity index (χ2n) is 3.88. The van der Waals surface area contributed by atoms with E-state index in [0.29, 0.717) is 13.2 Å². The molecule has 0 saturated heterocycles. The molecular weight excluding hydrogens is 238 g/mol. The summed E-state index contributed by atoms with van der Waals surface area (Å²) < 4.78 is 4.95. The Hall–Kier alpha value is -1.06. The molecule has 1 aromatic rings. The van der Waals surface area contributed by atoms with Crippen LogP contribution >= 0.6 is 11.6 Å². The number of likely N-dealkylation sites (N-methyl/N-ethyl adjacent to an activating group) is 1. The van der Waals surface area contributed by atoms with Gasteiger partial charge in [0.05, 0.1) is 0 Å². The first kappa shape index (κ1) is 14.0. The fourth-order valence-electron chi connectivity index (χ4n) is 1.51. The van der Waals surface area contributed by atoms with E-state index >= 15 is 0 Å². The molecule has 1 amide bonds. The molecule has 17 heavy (non-hydrogen) atoms. The Labute approximate surface area is 107 Å². The molecule has 0 N–H and O–H groups in total. The van der Waals surface area contributed by atoms with Crippen molar-refractivity contribution < 1.29 is 9.53 Å². The molecule has 0 aromatic heterocycles. The highest BCUT2D eigenvalue weighted by Crippen LogP contribution is 2.22. The molecule has 4 heteroatoms. The van der Waals surface area contributed by atoms with E-state index in [1.165, 1.54) is 0 Å². The number of carbonyl (C=O) groups excluding carboxylic acids is 1. The van der Waals surface area contributed by atoms with Crippen LogP contribution < -0.4 is 0 Å². The van der Waals surface area contributed by atoms with Gasteiger partial charge in [0.1, 0.15) is 5.38 Å². The summed E-state index contributed by atoms with van der Waals surface area (Å²) in [7, 11) is 3.41. The highest BCUT2D eigenvalue weighted by atomic mass is 35.5. The average molecular weight is 256 g/mol. The van der Waals surface area contributed by atoms with Crippen LogP contribution in [0, 0.1) is 0 Å². The average Bonchev–Trinajstić information content (AvgIpc) is 2.38. The van der Waals surface area contributed by atoms with E-state index in [9.17, 15) is 4.79 Å². The van der Waals surface area contributed by atoms with Gasteiger partial charge in [0.15, 0.2) is 0 Å². The molecule has 0 spiro atoms. The molecule has 0 aliphatic carbocycles. The van der Waals surface area contributed by atoms with E-state index in [4.69, 9.17) is 16.3 Å². The predicted molar refractivity (Wildman–Crippen MR) is 69.2 cm³/mol. The maximum Gasteiger partial charge on any atom is 0.244 e. The summed E-state index contributed by atoms with van der Waals surface area (Å²) in [5.74, 6) is -0.0750. The van der Waals surface area contributed by atoms with Crippen LogP contribution in [0.5, 0.6) is 0 Å². The molecule has 1 aromatic carbocycles. The van der Waals surface area contributed by atoms with Gasteiger partial charge in [-0.05, 0) is 12.0 Å². The summed E-state index contributed by atoms with van der Waals surface area (Å²) in [5, 5.41) is -0.608. The van der Waals surface area contributed by atoms with Crippen LogP contribution in [-0.2, 0) is 9.53 Å². The van der Waals surface area contributed by atoms with Crippen LogP contribution in [0.4, 0.5) is 0 Å². The molecule has 1 rings (SSSR count). The Morgan fingerprint density at radius 2 is 2.06 bits per heavy atom. The van der Waals surface area contributed by atoms with E-state index in [-0.39, 0.29) is 5.91 Å². The maximum absolute atomic E-state index is 12.0. The summed E-state index contributed by atoms with van der Waals surface area (Å²) in [6.45, 7) is 1.30. The Morgan fingerprint density at radius 3 is 2.65 bits per heavy atom. The molecule has 94 valence electrons. The van der Waals surface area contributed by atoms with E-state index in [0.717, 1.165) is 12.0 Å². The summed E-state index contributed by atoms with van der Waals surface area (Å²) in [6.07, 6.45) is 0.817. The first-order valence-electron chi connectivity index (χ1n) is 5.59. The minimum Gasteiger partial charge on any atom is -0.385 e. The molecule has 0 saturated carbocycles. The first-order valence-corrected chi connectivity index (χ1v) is 6.03. The van der Waals surface area contributed by atoms with Gasteiger partial charge < -0.3 is 9.64 Å². The zero-order chi connectivity index (χ0) is 12.7. The van der Waals surface area contributed by atoms with Crippen molar-refractivity contribution in [2.75, 3.05) is 27.3 Å². The highest BCUT2D eigenvalue weighted by Gasteiger charge is 2.20. The molecule has 0 aliphatic rings. The number of benzene rings is 1. The maximum atomic E-state index is 12.0. The molecule has 0 radical (unpaired) electrons. The summed E-state index contributed by atoms with van der Waals surface area (Å²) in [6, 6.07) is 9.38. The van der Waals surface area contributed by atoms with Gasteiger partial charge in [-0.1, -0.05) is 30.3 Å². The molecule has 0 heterocycles. The van der Waals surface area contributed by atoms with Crippen molar-refractivity contribution in [2.24, 2.45) is 0 Å².